The summed E-state index contributed by atoms with van der Waals surface area (Å²) in [4.78, 5) is 37.6. The summed E-state index contributed by atoms with van der Waals surface area (Å²) >= 11 is 1.16. The molecule has 3 aromatic rings. The molecule has 29 heavy (non-hydrogen) atoms. The molecule has 1 N–H and O–H groups in total. The minimum Gasteiger partial charge on any atom is -0.497 e. The van der Waals surface area contributed by atoms with Crippen molar-refractivity contribution < 1.29 is 28.2 Å². The van der Waals surface area contributed by atoms with E-state index in [1.54, 1.807) is 25.2 Å². The molecule has 0 saturated carbocycles. The Balaban J connectivity index is 1.86. The monoisotopic (exact) mass is 418 g/mol. The van der Waals surface area contributed by atoms with E-state index < -0.39 is 17.6 Å². The van der Waals surface area contributed by atoms with E-state index in [2.05, 4.69) is 10.1 Å². The number of nitrogens with zero attached hydrogens (tertiary/aromatic N) is 1. The van der Waals surface area contributed by atoms with Crippen molar-refractivity contribution in [3.8, 4) is 11.5 Å². The van der Waals surface area contributed by atoms with Gasteiger partial charge in [-0.3, -0.25) is 10.2 Å². The number of nitrogens with one attached hydrogen (secondary N) is 1. The molecule has 0 unspecified atom stereocenters. The summed E-state index contributed by atoms with van der Waals surface area (Å²) in [5.74, 6) is 0.294. The van der Waals surface area contributed by atoms with Crippen LogP contribution in [0.25, 0.3) is 10.3 Å². The Bertz CT molecular complexity index is 1110. The van der Waals surface area contributed by atoms with Crippen LogP contribution < -0.4 is 25.3 Å². The van der Waals surface area contributed by atoms with Crippen LogP contribution in [0.1, 0.15) is 10.4 Å². The van der Waals surface area contributed by atoms with E-state index in [1.807, 2.05) is 0 Å². The zero-order chi connectivity index (χ0) is 21.1. The molecule has 0 atom stereocenters. The Kier molecular flexibility index (Phi) is 5.74. The van der Waals surface area contributed by atoms with Crippen molar-refractivity contribution in [2.24, 2.45) is 0 Å². The van der Waals surface area contributed by atoms with E-state index in [9.17, 15) is 14.4 Å². The predicted molar refractivity (Wildman–Crippen MR) is 109 cm³/mol. The highest BCUT2D eigenvalue weighted by molar-refractivity contribution is 7.22. The number of hydrogen-bond acceptors (Lipinski definition) is 8. The fraction of sp³-hybridized carbons (Fsp3) is 0.211. The molecule has 152 valence electrons. The zero-order valence-electron chi connectivity index (χ0n) is 16.1. The third-order valence-corrected chi connectivity index (χ3v) is 5.07. The normalized spacial score (nSPS) is 10.5. The number of fused-ring (bicyclic) bond motifs is 1. The zero-order valence-corrected chi connectivity index (χ0v) is 16.9. The van der Waals surface area contributed by atoms with E-state index in [1.165, 1.54) is 38.4 Å². The molecule has 0 aliphatic heterocycles. The molecule has 9 nitrogen and oxygen atoms in total. The molecule has 2 heterocycles. The van der Waals surface area contributed by atoms with E-state index >= 15 is 0 Å². The summed E-state index contributed by atoms with van der Waals surface area (Å²) in [7, 11) is 5.81. The van der Waals surface area contributed by atoms with Crippen molar-refractivity contribution in [2.45, 2.75) is 0 Å². The lowest BCUT2D eigenvalue weighted by Crippen LogP contribution is -2.30. The molecule has 2 aromatic heterocycles. The van der Waals surface area contributed by atoms with Crippen LogP contribution in [0.4, 0.5) is 15.5 Å². The SMILES string of the molecule is COC(=O)c1cc2sc(NC(=O)N(C)c3cc(OC)cc(OC)c3)cc2oc1=O. The number of anilines is 2. The summed E-state index contributed by atoms with van der Waals surface area (Å²) in [5, 5.41) is 3.17. The minimum atomic E-state index is -0.805. The Morgan fingerprint density at radius 3 is 2.28 bits per heavy atom. The van der Waals surface area contributed by atoms with E-state index in [0.717, 1.165) is 11.3 Å². The lowest BCUT2D eigenvalue weighted by Gasteiger charge is -2.19. The van der Waals surface area contributed by atoms with Crippen LogP contribution in [0.2, 0.25) is 0 Å². The van der Waals surface area contributed by atoms with Crippen LogP contribution in [-0.2, 0) is 4.74 Å². The molecule has 0 spiro atoms. The van der Waals surface area contributed by atoms with Crippen molar-refractivity contribution in [3.63, 3.8) is 0 Å². The third kappa shape index (κ3) is 4.16. The highest BCUT2D eigenvalue weighted by Gasteiger charge is 2.18. The van der Waals surface area contributed by atoms with Crippen molar-refractivity contribution in [1.82, 2.24) is 0 Å². The van der Waals surface area contributed by atoms with Crippen LogP contribution in [0.5, 0.6) is 11.5 Å². The number of benzene rings is 1. The summed E-state index contributed by atoms with van der Waals surface area (Å²) < 4.78 is 20.7. The van der Waals surface area contributed by atoms with Crippen LogP contribution in [0.3, 0.4) is 0 Å². The molecule has 0 bridgehead atoms. The average Bonchev–Trinajstić information content (AvgIpc) is 3.12. The molecule has 0 aliphatic rings. The maximum atomic E-state index is 12.7. The first-order valence-electron chi connectivity index (χ1n) is 8.30. The quantitative estimate of drug-likeness (QED) is 0.633. The highest BCUT2D eigenvalue weighted by Crippen LogP contribution is 2.31. The maximum absolute atomic E-state index is 12.7. The van der Waals surface area contributed by atoms with Crippen LogP contribution in [-0.4, -0.2) is 40.4 Å². The van der Waals surface area contributed by atoms with Gasteiger partial charge in [-0.2, -0.15) is 0 Å². The molecular formula is C19H18N2O7S. The minimum absolute atomic E-state index is 0.208. The van der Waals surface area contributed by atoms with Gasteiger partial charge in [-0.05, 0) is 6.07 Å². The van der Waals surface area contributed by atoms with Gasteiger partial charge in [0.05, 0.1) is 31.7 Å². The second-order valence-electron chi connectivity index (χ2n) is 5.84. The van der Waals surface area contributed by atoms with Gasteiger partial charge in [0.1, 0.15) is 22.1 Å². The highest BCUT2D eigenvalue weighted by atomic mass is 32.1. The predicted octanol–water partition coefficient (Wildman–Crippen LogP) is 3.33. The van der Waals surface area contributed by atoms with Gasteiger partial charge in [-0.1, -0.05) is 0 Å². The molecule has 0 aliphatic carbocycles. The fourth-order valence-corrected chi connectivity index (χ4v) is 3.44. The van der Waals surface area contributed by atoms with Crippen LogP contribution in [0, 0.1) is 0 Å². The van der Waals surface area contributed by atoms with Gasteiger partial charge in [0.25, 0.3) is 0 Å². The standard InChI is InChI=1S/C19H18N2O7S/c1-21(10-5-11(25-2)7-12(6-10)26-3)19(24)20-16-9-14-15(29-16)8-13(17(22)27-4)18(23)28-14/h5-9H,1-4H3,(H,20,24). The van der Waals surface area contributed by atoms with Gasteiger partial charge in [-0.25, -0.2) is 14.4 Å². The largest absolute Gasteiger partial charge is 0.497 e. The first kappa shape index (κ1) is 20.2. The number of carbonyl (C=O) groups excluding carboxylic acids is 2. The molecule has 0 radical (unpaired) electrons. The van der Waals surface area contributed by atoms with Gasteiger partial charge in [0.15, 0.2) is 5.58 Å². The van der Waals surface area contributed by atoms with Gasteiger partial charge in [-0.15, -0.1) is 11.3 Å². The third-order valence-electron chi connectivity index (χ3n) is 4.09. The number of rotatable bonds is 5. The fourth-order valence-electron chi connectivity index (χ4n) is 2.52. The lowest BCUT2D eigenvalue weighted by atomic mass is 10.2. The average molecular weight is 418 g/mol. The van der Waals surface area contributed by atoms with Crippen molar-refractivity contribution in [3.05, 3.63) is 46.3 Å². The van der Waals surface area contributed by atoms with Crippen molar-refractivity contribution >= 4 is 44.3 Å². The molecule has 10 heteroatoms. The van der Waals surface area contributed by atoms with E-state index in [4.69, 9.17) is 13.9 Å². The molecule has 3 rings (SSSR count). The summed E-state index contributed by atoms with van der Waals surface area (Å²) in [6.07, 6.45) is 0. The first-order chi connectivity index (χ1) is 13.9. The van der Waals surface area contributed by atoms with Crippen LogP contribution in [0.15, 0.2) is 39.5 Å². The van der Waals surface area contributed by atoms with Gasteiger partial charge in [0, 0.05) is 31.3 Å². The summed E-state index contributed by atoms with van der Waals surface area (Å²) in [6.45, 7) is 0. The van der Waals surface area contributed by atoms with Gasteiger partial charge < -0.3 is 18.6 Å². The molecule has 0 saturated heterocycles. The molecular weight excluding hydrogens is 400 g/mol. The van der Waals surface area contributed by atoms with Gasteiger partial charge >= 0.3 is 17.6 Å². The first-order valence-corrected chi connectivity index (χ1v) is 9.11. The number of carbonyl (C=O) groups is 2. The molecule has 0 fully saturated rings. The maximum Gasteiger partial charge on any atom is 0.351 e. The number of hydrogen-bond donors (Lipinski definition) is 1. The van der Waals surface area contributed by atoms with E-state index in [-0.39, 0.29) is 11.1 Å². The Labute approximate surface area is 169 Å². The van der Waals surface area contributed by atoms with Crippen LogP contribution >= 0.6 is 11.3 Å². The Morgan fingerprint density at radius 1 is 1.03 bits per heavy atom. The number of esters is 1. The number of methoxy groups -OCH3 is 3. The second-order valence-corrected chi connectivity index (χ2v) is 6.92. The lowest BCUT2D eigenvalue weighted by molar-refractivity contribution is 0.0596. The Hall–Kier alpha value is -3.53. The molecule has 1 aromatic carbocycles. The number of thiophene rings is 1. The van der Waals surface area contributed by atoms with Crippen molar-refractivity contribution in [1.29, 1.82) is 0 Å². The topological polar surface area (TPSA) is 107 Å². The Morgan fingerprint density at radius 2 is 1.69 bits per heavy atom. The molecule has 2 amide bonds. The van der Waals surface area contributed by atoms with Crippen molar-refractivity contribution in [2.75, 3.05) is 38.6 Å². The smallest absolute Gasteiger partial charge is 0.351 e. The number of ether oxygens (including phenoxy) is 3. The summed E-state index contributed by atoms with van der Waals surface area (Å²) in [5.41, 5.74) is -0.200. The second kappa shape index (κ2) is 8.23. The summed E-state index contributed by atoms with van der Waals surface area (Å²) in [6, 6.07) is 7.54. The number of amides is 2. The van der Waals surface area contributed by atoms with Gasteiger partial charge in [0.2, 0.25) is 0 Å². The van der Waals surface area contributed by atoms with E-state index in [0.29, 0.717) is 26.9 Å². The number of urea groups is 1.